The smallest absolute Gasteiger partial charge is 0.269 e. The van der Waals surface area contributed by atoms with Crippen molar-refractivity contribution in [3.8, 4) is 0 Å². The van der Waals surface area contributed by atoms with Gasteiger partial charge in [-0.1, -0.05) is 30.0 Å². The first-order valence-corrected chi connectivity index (χ1v) is 8.30. The summed E-state index contributed by atoms with van der Waals surface area (Å²) in [7, 11) is 1.91. The maximum atomic E-state index is 11.8. The number of amides is 2. The number of thioether (sulfide) groups is 1. The third kappa shape index (κ3) is 3.89. The number of hydrogen-bond acceptors (Lipinski definition) is 5. The van der Waals surface area contributed by atoms with Gasteiger partial charge in [0.05, 0.1) is 5.75 Å². The van der Waals surface area contributed by atoms with Crippen molar-refractivity contribution < 1.29 is 9.59 Å². The van der Waals surface area contributed by atoms with Crippen LogP contribution in [0.4, 0.5) is 0 Å². The second kappa shape index (κ2) is 6.82. The topological polar surface area (TPSA) is 88.9 Å². The molecule has 0 bridgehead atoms. The van der Waals surface area contributed by atoms with Gasteiger partial charge in [-0.3, -0.25) is 20.4 Å². The molecule has 0 atom stereocenters. The minimum absolute atomic E-state index is 0.158. The maximum absolute atomic E-state index is 11.8. The van der Waals surface area contributed by atoms with E-state index in [1.165, 1.54) is 11.8 Å². The molecule has 1 aromatic carbocycles. The van der Waals surface area contributed by atoms with Crippen molar-refractivity contribution in [1.29, 1.82) is 0 Å². The summed E-state index contributed by atoms with van der Waals surface area (Å²) in [6.45, 7) is 0. The molecule has 2 amide bonds. The van der Waals surface area contributed by atoms with Crippen molar-refractivity contribution in [2.75, 3.05) is 5.75 Å². The van der Waals surface area contributed by atoms with Crippen LogP contribution in [0.25, 0.3) is 0 Å². The summed E-state index contributed by atoms with van der Waals surface area (Å²) in [6, 6.07) is 8.70. The van der Waals surface area contributed by atoms with Crippen molar-refractivity contribution in [3.05, 3.63) is 41.7 Å². The predicted octanol–water partition coefficient (Wildman–Crippen LogP) is 1.25. The quantitative estimate of drug-likeness (QED) is 0.636. The van der Waals surface area contributed by atoms with Crippen LogP contribution in [0.2, 0.25) is 0 Å². The van der Waals surface area contributed by atoms with E-state index < -0.39 is 0 Å². The van der Waals surface area contributed by atoms with E-state index in [0.29, 0.717) is 16.6 Å². The molecular weight excluding hydrogens is 314 g/mol. The number of carbonyl (C=O) groups excluding carboxylic acids is 2. The molecule has 0 spiro atoms. The number of nitrogens with zero attached hydrogens (tertiary/aromatic N) is 3. The molecule has 1 aromatic heterocycles. The SMILES string of the molecule is Cn1c(SCC(=O)NNC(=O)c2ccccc2)nnc1C1CC1. The van der Waals surface area contributed by atoms with Crippen LogP contribution in [0.15, 0.2) is 35.5 Å². The van der Waals surface area contributed by atoms with Crippen molar-refractivity contribution >= 4 is 23.6 Å². The van der Waals surface area contributed by atoms with Crippen LogP contribution in [0.5, 0.6) is 0 Å². The highest BCUT2D eigenvalue weighted by atomic mass is 32.2. The molecular formula is C15H17N5O2S. The molecule has 1 aliphatic carbocycles. The highest BCUT2D eigenvalue weighted by molar-refractivity contribution is 7.99. The Balaban J connectivity index is 1.45. The number of nitrogens with one attached hydrogen (secondary N) is 2. The molecule has 0 saturated heterocycles. The van der Waals surface area contributed by atoms with Gasteiger partial charge in [0.25, 0.3) is 5.91 Å². The molecule has 1 heterocycles. The Morgan fingerprint density at radius 1 is 1.22 bits per heavy atom. The summed E-state index contributed by atoms with van der Waals surface area (Å²) >= 11 is 1.29. The monoisotopic (exact) mass is 331 g/mol. The van der Waals surface area contributed by atoms with Gasteiger partial charge in [-0.2, -0.15) is 0 Å². The van der Waals surface area contributed by atoms with Crippen molar-refractivity contribution in [2.45, 2.75) is 23.9 Å². The highest BCUT2D eigenvalue weighted by Gasteiger charge is 2.29. The zero-order valence-electron chi connectivity index (χ0n) is 12.7. The lowest BCUT2D eigenvalue weighted by molar-refractivity contribution is -0.119. The number of rotatable bonds is 5. The van der Waals surface area contributed by atoms with Crippen molar-refractivity contribution in [1.82, 2.24) is 25.6 Å². The molecule has 2 N–H and O–H groups in total. The Labute approximate surface area is 137 Å². The van der Waals surface area contributed by atoms with Gasteiger partial charge in [0.15, 0.2) is 5.16 Å². The number of carbonyl (C=O) groups is 2. The van der Waals surface area contributed by atoms with Crippen LogP contribution in [0, 0.1) is 0 Å². The molecule has 23 heavy (non-hydrogen) atoms. The molecule has 120 valence electrons. The van der Waals surface area contributed by atoms with Crippen LogP contribution in [0.3, 0.4) is 0 Å². The maximum Gasteiger partial charge on any atom is 0.269 e. The standard InChI is InChI=1S/C15H17N5O2S/c1-20-13(10-7-8-10)17-19-15(20)23-9-12(21)16-18-14(22)11-5-3-2-4-6-11/h2-6,10H,7-9H2,1H3,(H,16,21)(H,18,22). The molecule has 3 rings (SSSR count). The summed E-state index contributed by atoms with van der Waals surface area (Å²) in [5, 5.41) is 8.97. The lowest BCUT2D eigenvalue weighted by Gasteiger charge is -2.07. The molecule has 2 aromatic rings. The predicted molar refractivity (Wildman–Crippen MR) is 85.8 cm³/mol. The van der Waals surface area contributed by atoms with Crippen LogP contribution < -0.4 is 10.9 Å². The fourth-order valence-corrected chi connectivity index (χ4v) is 2.82. The summed E-state index contributed by atoms with van der Waals surface area (Å²) in [4.78, 5) is 23.6. The summed E-state index contributed by atoms with van der Waals surface area (Å²) < 4.78 is 1.93. The summed E-state index contributed by atoms with van der Waals surface area (Å²) in [5.74, 6) is 1.01. The first-order valence-electron chi connectivity index (χ1n) is 7.31. The van der Waals surface area contributed by atoms with Gasteiger partial charge in [-0.05, 0) is 25.0 Å². The number of hydrogen-bond donors (Lipinski definition) is 2. The van der Waals surface area contributed by atoms with Gasteiger partial charge in [-0.25, -0.2) is 0 Å². The molecule has 1 aliphatic rings. The normalized spacial score (nSPS) is 13.6. The third-order valence-electron chi connectivity index (χ3n) is 3.49. The molecule has 0 unspecified atom stereocenters. The lowest BCUT2D eigenvalue weighted by atomic mass is 10.2. The molecule has 1 saturated carbocycles. The van der Waals surface area contributed by atoms with E-state index in [-0.39, 0.29) is 17.6 Å². The average molecular weight is 331 g/mol. The lowest BCUT2D eigenvalue weighted by Crippen LogP contribution is -2.42. The Morgan fingerprint density at radius 2 is 1.96 bits per heavy atom. The van der Waals surface area contributed by atoms with Crippen molar-refractivity contribution in [3.63, 3.8) is 0 Å². The number of hydrazine groups is 1. The van der Waals surface area contributed by atoms with Gasteiger partial charge in [0.2, 0.25) is 5.91 Å². The first kappa shape index (κ1) is 15.5. The minimum Gasteiger partial charge on any atom is -0.309 e. The average Bonchev–Trinajstić information content (AvgIpc) is 3.35. The fraction of sp³-hybridized carbons (Fsp3) is 0.333. The van der Waals surface area contributed by atoms with Gasteiger partial charge in [0.1, 0.15) is 5.82 Å². The fourth-order valence-electron chi connectivity index (χ4n) is 2.10. The van der Waals surface area contributed by atoms with Gasteiger partial charge in [0, 0.05) is 18.5 Å². The second-order valence-electron chi connectivity index (χ2n) is 5.33. The van der Waals surface area contributed by atoms with E-state index in [1.54, 1.807) is 24.3 Å². The summed E-state index contributed by atoms with van der Waals surface area (Å²) in [6.07, 6.45) is 2.31. The van der Waals surface area contributed by atoms with E-state index >= 15 is 0 Å². The van der Waals surface area contributed by atoms with Crippen LogP contribution in [-0.2, 0) is 11.8 Å². The van der Waals surface area contributed by atoms with Gasteiger partial charge < -0.3 is 4.57 Å². The zero-order chi connectivity index (χ0) is 16.2. The van der Waals surface area contributed by atoms with Gasteiger partial charge in [-0.15, -0.1) is 10.2 Å². The van der Waals surface area contributed by atoms with E-state index in [0.717, 1.165) is 18.7 Å². The molecule has 0 radical (unpaired) electrons. The Hall–Kier alpha value is -2.35. The zero-order valence-corrected chi connectivity index (χ0v) is 13.5. The van der Waals surface area contributed by atoms with Crippen molar-refractivity contribution in [2.24, 2.45) is 7.05 Å². The Bertz CT molecular complexity index is 712. The minimum atomic E-state index is -0.348. The molecule has 8 heteroatoms. The summed E-state index contributed by atoms with van der Waals surface area (Å²) in [5.41, 5.74) is 5.27. The number of benzene rings is 1. The first-order chi connectivity index (χ1) is 11.1. The highest BCUT2D eigenvalue weighted by Crippen LogP contribution is 2.39. The van der Waals surface area contributed by atoms with E-state index in [9.17, 15) is 9.59 Å². The molecule has 1 fully saturated rings. The second-order valence-corrected chi connectivity index (χ2v) is 6.27. The Kier molecular flexibility index (Phi) is 4.61. The van der Waals surface area contributed by atoms with E-state index in [1.807, 2.05) is 17.7 Å². The van der Waals surface area contributed by atoms with Crippen LogP contribution in [-0.4, -0.2) is 32.3 Å². The largest absolute Gasteiger partial charge is 0.309 e. The van der Waals surface area contributed by atoms with E-state index in [4.69, 9.17) is 0 Å². The van der Waals surface area contributed by atoms with Crippen LogP contribution in [0.1, 0.15) is 34.9 Å². The van der Waals surface area contributed by atoms with E-state index in [2.05, 4.69) is 21.0 Å². The van der Waals surface area contributed by atoms with Gasteiger partial charge >= 0.3 is 0 Å². The number of aromatic nitrogens is 3. The molecule has 0 aliphatic heterocycles. The van der Waals surface area contributed by atoms with Crippen LogP contribution >= 0.6 is 11.8 Å². The molecule has 7 nitrogen and oxygen atoms in total. The Morgan fingerprint density at radius 3 is 2.65 bits per heavy atom. The third-order valence-corrected chi connectivity index (χ3v) is 4.52.